The van der Waals surface area contributed by atoms with Gasteiger partial charge in [0.15, 0.2) is 0 Å². The number of hydrogen-bond donors (Lipinski definition) is 1. The second kappa shape index (κ2) is 7.09. The third-order valence-corrected chi connectivity index (χ3v) is 6.12. The predicted octanol–water partition coefficient (Wildman–Crippen LogP) is 3.22. The molecule has 0 saturated carbocycles. The number of imide groups is 1. The largest absolute Gasteiger partial charge is 0.418 e. The number of urea groups is 1. The number of carbonyl (C=O) groups is 3. The highest BCUT2D eigenvalue weighted by Crippen LogP contribution is 2.44. The average Bonchev–Trinajstić information content (AvgIpc) is 3.41. The van der Waals surface area contributed by atoms with Gasteiger partial charge in [0.1, 0.15) is 17.6 Å². The number of ether oxygens (including phenoxy) is 1. The number of amides is 4. The van der Waals surface area contributed by atoms with Crippen LogP contribution in [0.4, 0.5) is 38.5 Å². The molecule has 3 saturated heterocycles. The summed E-state index contributed by atoms with van der Waals surface area (Å²) >= 11 is 0. The molecule has 0 unspecified atom stereocenters. The first-order valence-electron chi connectivity index (χ1n) is 9.93. The van der Waals surface area contributed by atoms with Gasteiger partial charge in [-0.3, -0.25) is 4.79 Å². The van der Waals surface area contributed by atoms with Crippen molar-refractivity contribution < 1.29 is 36.7 Å². The number of nitrogens with zero attached hydrogens (tertiary/aromatic N) is 3. The molecule has 8 nitrogen and oxygen atoms in total. The predicted molar refractivity (Wildman–Crippen MR) is 106 cm³/mol. The summed E-state index contributed by atoms with van der Waals surface area (Å²) in [6.07, 6.45) is -5.19. The Morgan fingerprint density at radius 3 is 2.45 bits per heavy atom. The highest BCUT2D eigenvalue weighted by atomic mass is 19.4. The third-order valence-electron chi connectivity index (χ3n) is 6.12. The highest BCUT2D eigenvalue weighted by Gasteiger charge is 2.63. The number of nitrogens with two attached hydrogens (primary N) is 1. The molecule has 3 aliphatic rings. The fraction of sp³-hybridized carbons (Fsp3) is 0.286. The van der Waals surface area contributed by atoms with E-state index in [2.05, 4.69) is 0 Å². The maximum atomic E-state index is 13.3. The van der Waals surface area contributed by atoms with E-state index in [-0.39, 0.29) is 18.0 Å². The Balaban J connectivity index is 1.39. The molecule has 0 aliphatic carbocycles. The molecule has 5 rings (SSSR count). The zero-order valence-electron chi connectivity index (χ0n) is 16.8. The van der Waals surface area contributed by atoms with E-state index in [0.29, 0.717) is 17.4 Å². The van der Waals surface area contributed by atoms with Gasteiger partial charge in [0.2, 0.25) is 0 Å². The molecule has 172 valence electrons. The molecule has 0 aromatic heterocycles. The minimum atomic E-state index is -4.76. The minimum Gasteiger partial charge on any atom is -0.410 e. The molecule has 33 heavy (non-hydrogen) atoms. The maximum absolute atomic E-state index is 13.3. The number of fused-ring (bicyclic) bond motifs is 5. The Hall–Kier alpha value is -3.83. The average molecular weight is 464 g/mol. The molecule has 2 aromatic carbocycles. The zero-order chi connectivity index (χ0) is 23.7. The van der Waals surface area contributed by atoms with Gasteiger partial charge in [-0.1, -0.05) is 0 Å². The van der Waals surface area contributed by atoms with Crippen molar-refractivity contribution in [3.05, 3.63) is 53.8 Å². The van der Waals surface area contributed by atoms with Gasteiger partial charge in [0.25, 0.3) is 5.91 Å². The second-order valence-electron chi connectivity index (χ2n) is 8.01. The minimum absolute atomic E-state index is 0.101. The summed E-state index contributed by atoms with van der Waals surface area (Å²) in [6, 6.07) is 4.66. The van der Waals surface area contributed by atoms with Crippen LogP contribution in [0, 0.1) is 5.82 Å². The summed E-state index contributed by atoms with van der Waals surface area (Å²) in [4.78, 5) is 42.1. The second-order valence-corrected chi connectivity index (χ2v) is 8.01. The van der Waals surface area contributed by atoms with Crippen LogP contribution < -0.4 is 15.4 Å². The molecule has 2 bridgehead atoms. The molecule has 2 N–H and O–H groups in total. The van der Waals surface area contributed by atoms with Gasteiger partial charge in [-0.2, -0.15) is 13.2 Å². The van der Waals surface area contributed by atoms with Crippen LogP contribution >= 0.6 is 0 Å². The van der Waals surface area contributed by atoms with Crippen LogP contribution in [0.5, 0.6) is 5.75 Å². The van der Waals surface area contributed by atoms with Crippen molar-refractivity contribution in [1.82, 2.24) is 9.80 Å². The number of alkyl halides is 3. The number of anilines is 2. The SMILES string of the molecule is Nc1ccc(N2C(=O)[C@H]3[C@@H]4C[C@@H](CN4C(=O)Oc4ccc(F)cc4)N3C2=O)cc1C(F)(F)F. The number of carbonyl (C=O) groups excluding carboxylic acids is 3. The Labute approximate surface area is 184 Å². The quantitative estimate of drug-likeness (QED) is 0.418. The molecular formula is C21H16F4N4O4. The first-order valence-corrected chi connectivity index (χ1v) is 9.93. The first kappa shape index (κ1) is 21.0. The summed E-state index contributed by atoms with van der Waals surface area (Å²) in [7, 11) is 0. The lowest BCUT2D eigenvalue weighted by molar-refractivity contribution is -0.137. The van der Waals surface area contributed by atoms with Gasteiger partial charge in [0.05, 0.1) is 23.3 Å². The smallest absolute Gasteiger partial charge is 0.410 e. The monoisotopic (exact) mass is 464 g/mol. The molecule has 3 aliphatic heterocycles. The Kier molecular flexibility index (Phi) is 4.52. The number of halogens is 4. The third kappa shape index (κ3) is 3.24. The number of piperazine rings is 1. The van der Waals surface area contributed by atoms with E-state index in [1.54, 1.807) is 0 Å². The van der Waals surface area contributed by atoms with Gasteiger partial charge in [0, 0.05) is 12.2 Å². The standard InChI is InChI=1S/C21H16F4N4O4/c22-10-1-4-13(5-2-10)33-20(32)27-9-12-8-16(27)17-18(30)29(19(31)28(12)17)11-3-6-15(26)14(7-11)21(23,24)25/h1-7,12,16-17H,8-9,26H2/t12-,16-,17+/m0/s1. The van der Waals surface area contributed by atoms with Crippen molar-refractivity contribution in [2.24, 2.45) is 0 Å². The molecule has 4 amide bonds. The van der Waals surface area contributed by atoms with E-state index < -0.39 is 59.4 Å². The van der Waals surface area contributed by atoms with Crippen LogP contribution in [0.25, 0.3) is 0 Å². The molecule has 3 fully saturated rings. The number of rotatable bonds is 2. The fourth-order valence-electron chi connectivity index (χ4n) is 4.70. The van der Waals surface area contributed by atoms with E-state index >= 15 is 0 Å². The summed E-state index contributed by atoms with van der Waals surface area (Å²) < 4.78 is 58.1. The van der Waals surface area contributed by atoms with Crippen LogP contribution in [0.15, 0.2) is 42.5 Å². The van der Waals surface area contributed by atoms with E-state index in [1.807, 2.05) is 0 Å². The molecule has 0 spiro atoms. The van der Waals surface area contributed by atoms with E-state index in [0.717, 1.165) is 18.2 Å². The van der Waals surface area contributed by atoms with Crippen molar-refractivity contribution in [3.63, 3.8) is 0 Å². The lowest BCUT2D eigenvalue weighted by atomic mass is 10.1. The highest BCUT2D eigenvalue weighted by molar-refractivity contribution is 6.22. The Bertz CT molecular complexity index is 1170. The lowest BCUT2D eigenvalue weighted by Gasteiger charge is -2.34. The molecule has 0 radical (unpaired) electrons. The van der Waals surface area contributed by atoms with Crippen molar-refractivity contribution >= 4 is 29.4 Å². The number of nitrogen functional groups attached to an aromatic ring is 1. The number of hydrogen-bond acceptors (Lipinski definition) is 5. The molecule has 3 heterocycles. The molecule has 12 heteroatoms. The van der Waals surface area contributed by atoms with Crippen LogP contribution in [0.3, 0.4) is 0 Å². The van der Waals surface area contributed by atoms with Crippen LogP contribution in [-0.4, -0.2) is 52.5 Å². The van der Waals surface area contributed by atoms with Gasteiger partial charge in [-0.25, -0.2) is 18.9 Å². The van der Waals surface area contributed by atoms with Crippen molar-refractivity contribution in [2.75, 3.05) is 17.2 Å². The van der Waals surface area contributed by atoms with E-state index in [4.69, 9.17) is 10.5 Å². The van der Waals surface area contributed by atoms with Crippen molar-refractivity contribution in [3.8, 4) is 5.75 Å². The van der Waals surface area contributed by atoms with E-state index in [9.17, 15) is 31.9 Å². The van der Waals surface area contributed by atoms with Crippen molar-refractivity contribution in [2.45, 2.75) is 30.7 Å². The summed E-state index contributed by atoms with van der Waals surface area (Å²) in [6.45, 7) is 0.101. The molecule has 3 atom stereocenters. The van der Waals surface area contributed by atoms with Crippen LogP contribution in [-0.2, 0) is 11.0 Å². The lowest BCUT2D eigenvalue weighted by Crippen LogP contribution is -2.55. The molecule has 2 aromatic rings. The summed E-state index contributed by atoms with van der Waals surface area (Å²) in [5, 5.41) is 0. The fourth-order valence-corrected chi connectivity index (χ4v) is 4.70. The first-order chi connectivity index (χ1) is 15.6. The molecular weight excluding hydrogens is 448 g/mol. The number of benzene rings is 2. The van der Waals surface area contributed by atoms with Gasteiger partial charge in [-0.15, -0.1) is 0 Å². The Morgan fingerprint density at radius 2 is 1.79 bits per heavy atom. The van der Waals surface area contributed by atoms with Crippen LogP contribution in [0.2, 0.25) is 0 Å². The Morgan fingerprint density at radius 1 is 1.09 bits per heavy atom. The summed E-state index contributed by atoms with van der Waals surface area (Å²) in [5.74, 6) is -1.13. The number of likely N-dealkylation sites (tertiary alicyclic amines) is 1. The van der Waals surface area contributed by atoms with E-state index in [1.165, 1.54) is 28.0 Å². The van der Waals surface area contributed by atoms with Gasteiger partial charge < -0.3 is 20.3 Å². The normalized spacial score (nSPS) is 24.0. The van der Waals surface area contributed by atoms with Crippen molar-refractivity contribution in [1.29, 1.82) is 0 Å². The summed E-state index contributed by atoms with van der Waals surface area (Å²) in [5.41, 5.74) is 3.49. The van der Waals surface area contributed by atoms with Gasteiger partial charge in [-0.05, 0) is 48.9 Å². The van der Waals surface area contributed by atoms with Gasteiger partial charge >= 0.3 is 18.3 Å². The van der Waals surface area contributed by atoms with Crippen LogP contribution in [0.1, 0.15) is 12.0 Å². The zero-order valence-corrected chi connectivity index (χ0v) is 16.8. The topological polar surface area (TPSA) is 96.2 Å². The maximum Gasteiger partial charge on any atom is 0.418 e.